The number of hydrogen-bond donors (Lipinski definition) is 1. The molecular weight excluding hydrogens is 322 g/mol. The first-order chi connectivity index (χ1) is 11.7. The van der Waals surface area contributed by atoms with Crippen LogP contribution in [-0.4, -0.2) is 54.3 Å². The SMILES string of the molecule is CCN1CCN(C(=O)c2ccccc2NC(=O)c2cccs2)CC1. The second kappa shape index (κ2) is 7.59. The number of carbonyl (C=O) groups excluding carboxylic acids is 2. The highest BCUT2D eigenvalue weighted by molar-refractivity contribution is 7.12. The third-order valence-electron chi connectivity index (χ3n) is 4.26. The summed E-state index contributed by atoms with van der Waals surface area (Å²) in [5.41, 5.74) is 1.12. The standard InChI is InChI=1S/C18H21N3O2S/c1-2-20-9-11-21(12-10-20)18(23)14-6-3-4-7-15(14)19-17(22)16-8-5-13-24-16/h3-8,13H,2,9-12H2,1H3,(H,19,22). The van der Waals surface area contributed by atoms with Gasteiger partial charge in [-0.25, -0.2) is 0 Å². The van der Waals surface area contributed by atoms with Crippen LogP contribution >= 0.6 is 11.3 Å². The molecule has 5 nitrogen and oxygen atoms in total. The van der Waals surface area contributed by atoms with E-state index in [1.807, 2.05) is 28.5 Å². The second-order valence-corrected chi connectivity index (χ2v) is 6.65. The number of nitrogens with one attached hydrogen (secondary N) is 1. The molecule has 0 aliphatic carbocycles. The van der Waals surface area contributed by atoms with E-state index < -0.39 is 0 Å². The van der Waals surface area contributed by atoms with E-state index in [-0.39, 0.29) is 11.8 Å². The fraction of sp³-hybridized carbons (Fsp3) is 0.333. The summed E-state index contributed by atoms with van der Waals surface area (Å²) < 4.78 is 0. The molecular formula is C18H21N3O2S. The van der Waals surface area contributed by atoms with Gasteiger partial charge in [0.2, 0.25) is 0 Å². The molecule has 0 unspecified atom stereocenters. The molecule has 126 valence electrons. The van der Waals surface area contributed by atoms with Gasteiger partial charge in [-0.3, -0.25) is 9.59 Å². The zero-order chi connectivity index (χ0) is 16.9. The Morgan fingerprint density at radius 1 is 1.08 bits per heavy atom. The normalized spacial score (nSPS) is 15.3. The summed E-state index contributed by atoms with van der Waals surface area (Å²) >= 11 is 1.38. The number of hydrogen-bond acceptors (Lipinski definition) is 4. The number of para-hydroxylation sites is 1. The highest BCUT2D eigenvalue weighted by Gasteiger charge is 2.23. The van der Waals surface area contributed by atoms with Gasteiger partial charge >= 0.3 is 0 Å². The van der Waals surface area contributed by atoms with Crippen molar-refractivity contribution in [1.82, 2.24) is 9.80 Å². The molecule has 1 N–H and O–H groups in total. The maximum absolute atomic E-state index is 12.8. The minimum Gasteiger partial charge on any atom is -0.336 e. The summed E-state index contributed by atoms with van der Waals surface area (Å²) in [6.07, 6.45) is 0. The molecule has 0 atom stereocenters. The number of nitrogens with zero attached hydrogens (tertiary/aromatic N) is 2. The van der Waals surface area contributed by atoms with Gasteiger partial charge in [-0.1, -0.05) is 25.1 Å². The van der Waals surface area contributed by atoms with Crippen LogP contribution in [0.5, 0.6) is 0 Å². The minimum absolute atomic E-state index is 0.0205. The van der Waals surface area contributed by atoms with Gasteiger partial charge < -0.3 is 15.1 Å². The van der Waals surface area contributed by atoms with Crippen molar-refractivity contribution in [2.45, 2.75) is 6.92 Å². The van der Waals surface area contributed by atoms with Crippen molar-refractivity contribution in [1.29, 1.82) is 0 Å². The first-order valence-corrected chi connectivity index (χ1v) is 9.02. The van der Waals surface area contributed by atoms with Crippen LogP contribution in [0.2, 0.25) is 0 Å². The van der Waals surface area contributed by atoms with Gasteiger partial charge in [-0.05, 0) is 30.1 Å². The Morgan fingerprint density at radius 2 is 1.83 bits per heavy atom. The lowest BCUT2D eigenvalue weighted by molar-refractivity contribution is 0.0644. The monoisotopic (exact) mass is 343 g/mol. The van der Waals surface area contributed by atoms with Crippen LogP contribution < -0.4 is 5.32 Å². The molecule has 1 aliphatic rings. The molecule has 1 aromatic heterocycles. The number of rotatable bonds is 4. The number of anilines is 1. The minimum atomic E-state index is -0.180. The van der Waals surface area contributed by atoms with Crippen molar-refractivity contribution in [2.75, 3.05) is 38.0 Å². The lowest BCUT2D eigenvalue weighted by Gasteiger charge is -2.34. The molecule has 1 fully saturated rings. The summed E-state index contributed by atoms with van der Waals surface area (Å²) in [6.45, 7) is 6.38. The average molecular weight is 343 g/mol. The zero-order valence-electron chi connectivity index (χ0n) is 13.7. The Kier molecular flexibility index (Phi) is 5.27. The molecule has 0 radical (unpaired) electrons. The summed E-state index contributed by atoms with van der Waals surface area (Å²) in [6, 6.07) is 10.8. The van der Waals surface area contributed by atoms with E-state index in [0.29, 0.717) is 16.1 Å². The van der Waals surface area contributed by atoms with Crippen LogP contribution in [-0.2, 0) is 0 Å². The van der Waals surface area contributed by atoms with Crippen LogP contribution in [0.25, 0.3) is 0 Å². The van der Waals surface area contributed by atoms with Crippen molar-refractivity contribution < 1.29 is 9.59 Å². The Morgan fingerprint density at radius 3 is 2.50 bits per heavy atom. The molecule has 1 aromatic carbocycles. The summed E-state index contributed by atoms with van der Waals surface area (Å²) in [4.78, 5) is 29.9. The number of likely N-dealkylation sites (N-methyl/N-ethyl adjacent to an activating group) is 1. The molecule has 2 amide bonds. The number of carbonyl (C=O) groups is 2. The van der Waals surface area contributed by atoms with Gasteiger partial charge in [-0.2, -0.15) is 0 Å². The topological polar surface area (TPSA) is 52.6 Å². The fourth-order valence-corrected chi connectivity index (χ4v) is 3.43. The summed E-state index contributed by atoms with van der Waals surface area (Å²) in [5, 5.41) is 4.73. The van der Waals surface area contributed by atoms with Gasteiger partial charge in [-0.15, -0.1) is 11.3 Å². The maximum atomic E-state index is 12.8. The van der Waals surface area contributed by atoms with Crippen LogP contribution in [0.15, 0.2) is 41.8 Å². The van der Waals surface area contributed by atoms with E-state index in [1.165, 1.54) is 11.3 Å². The van der Waals surface area contributed by atoms with Gasteiger partial charge in [0.15, 0.2) is 0 Å². The third-order valence-corrected chi connectivity index (χ3v) is 5.13. The molecule has 3 rings (SSSR count). The number of piperazine rings is 1. The van der Waals surface area contributed by atoms with Crippen LogP contribution in [0.3, 0.4) is 0 Å². The molecule has 2 heterocycles. The van der Waals surface area contributed by atoms with Crippen molar-refractivity contribution in [3.8, 4) is 0 Å². The van der Waals surface area contributed by atoms with E-state index in [2.05, 4.69) is 17.1 Å². The van der Waals surface area contributed by atoms with E-state index in [4.69, 9.17) is 0 Å². The first-order valence-electron chi connectivity index (χ1n) is 8.14. The van der Waals surface area contributed by atoms with Crippen molar-refractivity contribution in [3.63, 3.8) is 0 Å². The lowest BCUT2D eigenvalue weighted by atomic mass is 10.1. The van der Waals surface area contributed by atoms with E-state index in [9.17, 15) is 9.59 Å². The van der Waals surface area contributed by atoms with Crippen molar-refractivity contribution in [3.05, 3.63) is 52.2 Å². The van der Waals surface area contributed by atoms with E-state index in [1.54, 1.807) is 18.2 Å². The third kappa shape index (κ3) is 3.66. The molecule has 0 bridgehead atoms. The summed E-state index contributed by atoms with van der Waals surface area (Å²) in [7, 11) is 0. The van der Waals surface area contributed by atoms with Gasteiger partial charge in [0.05, 0.1) is 16.1 Å². The molecule has 24 heavy (non-hydrogen) atoms. The van der Waals surface area contributed by atoms with Crippen LogP contribution in [0.4, 0.5) is 5.69 Å². The molecule has 1 aliphatic heterocycles. The van der Waals surface area contributed by atoms with E-state index in [0.717, 1.165) is 32.7 Å². The zero-order valence-corrected chi connectivity index (χ0v) is 14.5. The molecule has 6 heteroatoms. The van der Waals surface area contributed by atoms with E-state index >= 15 is 0 Å². The van der Waals surface area contributed by atoms with Crippen molar-refractivity contribution >= 4 is 28.8 Å². The van der Waals surface area contributed by atoms with Crippen molar-refractivity contribution in [2.24, 2.45) is 0 Å². The van der Waals surface area contributed by atoms with Crippen LogP contribution in [0, 0.1) is 0 Å². The average Bonchev–Trinajstić information content (AvgIpc) is 3.16. The summed E-state index contributed by atoms with van der Waals surface area (Å²) in [5.74, 6) is -0.200. The smallest absolute Gasteiger partial charge is 0.265 e. The fourth-order valence-electron chi connectivity index (χ4n) is 2.81. The number of thiophene rings is 1. The molecule has 0 spiro atoms. The molecule has 2 aromatic rings. The molecule has 0 saturated carbocycles. The number of benzene rings is 1. The van der Waals surface area contributed by atoms with Gasteiger partial charge in [0.25, 0.3) is 11.8 Å². The molecule has 1 saturated heterocycles. The highest BCUT2D eigenvalue weighted by Crippen LogP contribution is 2.20. The Balaban J connectivity index is 1.74. The second-order valence-electron chi connectivity index (χ2n) is 5.70. The highest BCUT2D eigenvalue weighted by atomic mass is 32.1. The lowest BCUT2D eigenvalue weighted by Crippen LogP contribution is -2.48. The number of amides is 2. The Hall–Kier alpha value is -2.18. The predicted octanol–water partition coefficient (Wildman–Crippen LogP) is 2.78. The largest absolute Gasteiger partial charge is 0.336 e. The van der Waals surface area contributed by atoms with Gasteiger partial charge in [0.1, 0.15) is 0 Å². The van der Waals surface area contributed by atoms with Gasteiger partial charge in [0, 0.05) is 26.2 Å². The van der Waals surface area contributed by atoms with Crippen LogP contribution in [0.1, 0.15) is 27.0 Å². The Labute approximate surface area is 145 Å². The first kappa shape index (κ1) is 16.7. The Bertz CT molecular complexity index is 707. The quantitative estimate of drug-likeness (QED) is 0.929. The maximum Gasteiger partial charge on any atom is 0.265 e. The predicted molar refractivity (Wildman–Crippen MR) is 96.7 cm³/mol.